The molecule has 6 nitrogen and oxygen atoms in total. The van der Waals surface area contributed by atoms with Crippen LogP contribution in [0.5, 0.6) is 5.75 Å². The van der Waals surface area contributed by atoms with Crippen molar-refractivity contribution >= 4 is 57.3 Å². The van der Waals surface area contributed by atoms with E-state index in [4.69, 9.17) is 16.3 Å². The standard InChI is InChI=1S/C27H24ClN3O3S2/c1-3-24(26(33)31-27-30-23(16-35-27)17-7-5-11-21(14-17)34-2)36-22-12-6-10-20(15-22)29-25(32)18-8-4-9-19(28)13-18/h4-16,24H,3H2,1-2H3,(H,29,32)(H,30,31,33). The summed E-state index contributed by atoms with van der Waals surface area (Å²) in [6, 6.07) is 21.8. The van der Waals surface area contributed by atoms with Crippen LogP contribution in [0.15, 0.2) is 83.1 Å². The van der Waals surface area contributed by atoms with Crippen molar-refractivity contribution in [2.75, 3.05) is 17.7 Å². The number of nitrogens with one attached hydrogen (secondary N) is 2. The van der Waals surface area contributed by atoms with E-state index in [2.05, 4.69) is 15.6 Å². The lowest BCUT2D eigenvalue weighted by Gasteiger charge is -2.14. The lowest BCUT2D eigenvalue weighted by molar-refractivity contribution is -0.115. The number of thioether (sulfide) groups is 1. The SMILES string of the molecule is CCC(Sc1cccc(NC(=O)c2cccc(Cl)c2)c1)C(=O)Nc1nc(-c2cccc(OC)c2)cs1. The number of nitrogens with zero attached hydrogens (tertiary/aromatic N) is 1. The molecule has 0 radical (unpaired) electrons. The number of methoxy groups -OCH3 is 1. The van der Waals surface area contributed by atoms with Gasteiger partial charge in [0, 0.05) is 32.1 Å². The van der Waals surface area contributed by atoms with Gasteiger partial charge >= 0.3 is 0 Å². The Balaban J connectivity index is 1.40. The molecule has 2 N–H and O–H groups in total. The van der Waals surface area contributed by atoms with Gasteiger partial charge in [-0.25, -0.2) is 4.98 Å². The fourth-order valence-corrected chi connectivity index (χ4v) is 5.32. The second-order valence-electron chi connectivity index (χ2n) is 7.77. The molecule has 2 amide bonds. The number of hydrogen-bond acceptors (Lipinski definition) is 6. The van der Waals surface area contributed by atoms with Crippen LogP contribution in [0.4, 0.5) is 10.8 Å². The van der Waals surface area contributed by atoms with E-state index >= 15 is 0 Å². The number of carbonyl (C=O) groups is 2. The molecule has 0 saturated heterocycles. The summed E-state index contributed by atoms with van der Waals surface area (Å²) in [6.45, 7) is 1.96. The monoisotopic (exact) mass is 537 g/mol. The van der Waals surface area contributed by atoms with E-state index in [1.807, 2.05) is 60.8 Å². The van der Waals surface area contributed by atoms with Gasteiger partial charge < -0.3 is 15.4 Å². The Kier molecular flexibility index (Phi) is 8.64. The van der Waals surface area contributed by atoms with Gasteiger partial charge in [0.15, 0.2) is 5.13 Å². The minimum absolute atomic E-state index is 0.123. The van der Waals surface area contributed by atoms with Crippen molar-refractivity contribution < 1.29 is 14.3 Å². The van der Waals surface area contributed by atoms with Crippen LogP contribution in [0.1, 0.15) is 23.7 Å². The van der Waals surface area contributed by atoms with Crippen molar-refractivity contribution in [2.24, 2.45) is 0 Å². The van der Waals surface area contributed by atoms with Crippen LogP contribution in [-0.2, 0) is 4.79 Å². The largest absolute Gasteiger partial charge is 0.497 e. The van der Waals surface area contributed by atoms with Gasteiger partial charge in [-0.15, -0.1) is 23.1 Å². The first-order valence-corrected chi connectivity index (χ1v) is 13.3. The van der Waals surface area contributed by atoms with Gasteiger partial charge in [-0.05, 0) is 55.0 Å². The third-order valence-corrected chi connectivity index (χ3v) is 7.57. The predicted octanol–water partition coefficient (Wildman–Crippen LogP) is 7.23. The lowest BCUT2D eigenvalue weighted by Crippen LogP contribution is -2.24. The minimum Gasteiger partial charge on any atom is -0.497 e. The van der Waals surface area contributed by atoms with Gasteiger partial charge in [0.05, 0.1) is 18.1 Å². The van der Waals surface area contributed by atoms with E-state index in [1.54, 1.807) is 31.4 Å². The molecule has 1 atom stereocenters. The molecule has 0 aliphatic rings. The zero-order valence-electron chi connectivity index (χ0n) is 19.7. The molecular weight excluding hydrogens is 514 g/mol. The molecule has 3 aromatic carbocycles. The normalized spacial score (nSPS) is 11.5. The average molecular weight is 538 g/mol. The van der Waals surface area contributed by atoms with Gasteiger partial charge in [0.2, 0.25) is 5.91 Å². The molecular formula is C27H24ClN3O3S2. The van der Waals surface area contributed by atoms with Crippen molar-refractivity contribution in [3.8, 4) is 17.0 Å². The molecule has 36 heavy (non-hydrogen) atoms. The number of rotatable bonds is 9. The lowest BCUT2D eigenvalue weighted by atomic mass is 10.2. The molecule has 0 saturated carbocycles. The summed E-state index contributed by atoms with van der Waals surface area (Å²) in [5.41, 5.74) is 2.81. The van der Waals surface area contributed by atoms with Gasteiger partial charge in [-0.1, -0.05) is 42.8 Å². The third kappa shape index (κ3) is 6.66. The van der Waals surface area contributed by atoms with Gasteiger partial charge in [-0.3, -0.25) is 9.59 Å². The minimum atomic E-state index is -0.326. The van der Waals surface area contributed by atoms with Crippen molar-refractivity contribution in [1.29, 1.82) is 0 Å². The first-order valence-electron chi connectivity index (χ1n) is 11.2. The fraction of sp³-hybridized carbons (Fsp3) is 0.148. The summed E-state index contributed by atoms with van der Waals surface area (Å²) < 4.78 is 5.28. The van der Waals surface area contributed by atoms with Crippen molar-refractivity contribution in [3.05, 3.63) is 88.8 Å². The molecule has 9 heteroatoms. The number of halogens is 1. The first kappa shape index (κ1) is 25.8. The van der Waals surface area contributed by atoms with Gasteiger partial charge in [0.1, 0.15) is 5.75 Å². The number of hydrogen-bond donors (Lipinski definition) is 2. The summed E-state index contributed by atoms with van der Waals surface area (Å²) in [6.07, 6.45) is 0.629. The second-order valence-corrected chi connectivity index (χ2v) is 10.3. The smallest absolute Gasteiger partial charge is 0.255 e. The maximum Gasteiger partial charge on any atom is 0.255 e. The molecule has 4 rings (SSSR count). The summed E-state index contributed by atoms with van der Waals surface area (Å²) in [5.74, 6) is 0.377. The summed E-state index contributed by atoms with van der Waals surface area (Å²) >= 11 is 8.81. The van der Waals surface area contributed by atoms with Crippen LogP contribution in [0.2, 0.25) is 5.02 Å². The Morgan fingerprint density at radius 3 is 2.64 bits per heavy atom. The van der Waals surface area contributed by atoms with E-state index < -0.39 is 0 Å². The number of amides is 2. The number of aromatic nitrogens is 1. The Hall–Kier alpha value is -3.33. The molecule has 4 aromatic rings. The van der Waals surface area contributed by atoms with Gasteiger partial charge in [-0.2, -0.15) is 0 Å². The molecule has 184 valence electrons. The highest BCUT2D eigenvalue weighted by Crippen LogP contribution is 2.31. The highest BCUT2D eigenvalue weighted by Gasteiger charge is 2.20. The van der Waals surface area contributed by atoms with Crippen molar-refractivity contribution in [3.63, 3.8) is 0 Å². The quantitative estimate of drug-likeness (QED) is 0.220. The van der Waals surface area contributed by atoms with Crippen LogP contribution >= 0.6 is 34.7 Å². The molecule has 1 heterocycles. The van der Waals surface area contributed by atoms with E-state index in [0.29, 0.717) is 27.8 Å². The fourth-order valence-electron chi connectivity index (χ4n) is 3.40. The maximum atomic E-state index is 13.0. The summed E-state index contributed by atoms with van der Waals surface area (Å²) in [7, 11) is 1.62. The van der Waals surface area contributed by atoms with Gasteiger partial charge in [0.25, 0.3) is 5.91 Å². The van der Waals surface area contributed by atoms with Crippen LogP contribution < -0.4 is 15.4 Å². The van der Waals surface area contributed by atoms with E-state index in [9.17, 15) is 9.59 Å². The molecule has 0 spiro atoms. The maximum absolute atomic E-state index is 13.0. The third-order valence-electron chi connectivity index (χ3n) is 5.22. The molecule has 1 unspecified atom stereocenters. The topological polar surface area (TPSA) is 80.3 Å². The second kappa shape index (κ2) is 12.1. The first-order chi connectivity index (χ1) is 17.4. The number of thiazole rings is 1. The zero-order valence-corrected chi connectivity index (χ0v) is 22.0. The van der Waals surface area contributed by atoms with Crippen LogP contribution in [-0.4, -0.2) is 29.2 Å². The zero-order chi connectivity index (χ0) is 25.5. The Morgan fingerprint density at radius 1 is 1.06 bits per heavy atom. The van der Waals surface area contributed by atoms with Crippen LogP contribution in [0, 0.1) is 0 Å². The van der Waals surface area contributed by atoms with E-state index in [-0.39, 0.29) is 17.1 Å². The molecule has 0 aliphatic heterocycles. The molecule has 0 bridgehead atoms. The highest BCUT2D eigenvalue weighted by atomic mass is 35.5. The number of ether oxygens (including phenoxy) is 1. The van der Waals surface area contributed by atoms with Crippen LogP contribution in [0.3, 0.4) is 0 Å². The molecule has 0 fully saturated rings. The predicted molar refractivity (Wildman–Crippen MR) is 149 cm³/mol. The molecule has 0 aliphatic carbocycles. The Labute approximate surface area is 223 Å². The number of anilines is 2. The van der Waals surface area contributed by atoms with E-state index in [0.717, 1.165) is 21.9 Å². The molecule has 1 aromatic heterocycles. The van der Waals surface area contributed by atoms with Crippen LogP contribution in [0.25, 0.3) is 11.3 Å². The Bertz CT molecular complexity index is 1380. The highest BCUT2D eigenvalue weighted by molar-refractivity contribution is 8.00. The number of carbonyl (C=O) groups excluding carboxylic acids is 2. The van der Waals surface area contributed by atoms with E-state index in [1.165, 1.54) is 23.1 Å². The Morgan fingerprint density at radius 2 is 1.86 bits per heavy atom. The summed E-state index contributed by atoms with van der Waals surface area (Å²) in [5, 5.41) is 8.45. The van der Waals surface area contributed by atoms with Crippen molar-refractivity contribution in [1.82, 2.24) is 4.98 Å². The van der Waals surface area contributed by atoms with Crippen molar-refractivity contribution in [2.45, 2.75) is 23.5 Å². The number of benzene rings is 3. The average Bonchev–Trinajstić information content (AvgIpc) is 3.36. The summed E-state index contributed by atoms with van der Waals surface area (Å²) in [4.78, 5) is 31.0.